The maximum atomic E-state index is 12.6. The van der Waals surface area contributed by atoms with Crippen LogP contribution in [0.4, 0.5) is 4.79 Å². The van der Waals surface area contributed by atoms with Gasteiger partial charge in [0.15, 0.2) is 11.5 Å². The lowest BCUT2D eigenvalue weighted by atomic mass is 9.98. The number of azide groups is 1. The third-order valence-electron chi connectivity index (χ3n) is 7.18. The number of hydrogen-bond acceptors (Lipinski definition) is 8. The maximum absolute atomic E-state index is 12.6. The number of nitrogens with zero attached hydrogens (tertiary/aromatic N) is 3. The Hall–Kier alpha value is -4.28. The summed E-state index contributed by atoms with van der Waals surface area (Å²) in [7, 11) is 0. The molecule has 3 aromatic rings. The first-order valence-corrected chi connectivity index (χ1v) is 14.4. The molecule has 0 heterocycles. The van der Waals surface area contributed by atoms with Crippen LogP contribution in [0.5, 0.6) is 11.5 Å². The number of amides is 1. The predicted molar refractivity (Wildman–Crippen MR) is 161 cm³/mol. The molecule has 43 heavy (non-hydrogen) atoms. The normalized spacial score (nSPS) is 11.9. The first-order chi connectivity index (χ1) is 21.1. The third-order valence-corrected chi connectivity index (χ3v) is 7.18. The van der Waals surface area contributed by atoms with Crippen LogP contribution in [-0.4, -0.2) is 75.6 Å². The van der Waals surface area contributed by atoms with Gasteiger partial charge in [-0.05, 0) is 70.3 Å². The number of aryl methyl sites for hydroxylation is 1. The Balaban J connectivity index is 1.15. The minimum atomic E-state index is -0.498. The van der Waals surface area contributed by atoms with Gasteiger partial charge >= 0.3 is 6.09 Å². The van der Waals surface area contributed by atoms with E-state index >= 15 is 0 Å². The Labute approximate surface area is 251 Å². The van der Waals surface area contributed by atoms with Crippen LogP contribution in [0.25, 0.3) is 21.6 Å². The number of alkyl carbamates (subject to hydrolysis) is 1. The summed E-state index contributed by atoms with van der Waals surface area (Å²) in [6.45, 7) is 3.46. The second-order valence-corrected chi connectivity index (χ2v) is 10.0. The molecule has 228 valence electrons. The van der Waals surface area contributed by atoms with Crippen molar-refractivity contribution in [1.82, 2.24) is 5.32 Å². The molecule has 0 aliphatic heterocycles. The number of fused-ring (bicyclic) bond motifs is 3. The molecule has 4 rings (SSSR count). The number of rotatable bonds is 18. The molecular formula is C32H38N4O7. The van der Waals surface area contributed by atoms with Crippen molar-refractivity contribution in [2.45, 2.75) is 25.2 Å². The lowest BCUT2D eigenvalue weighted by molar-refractivity contribution is 0.0156. The molecular weight excluding hydrogens is 552 g/mol. The second-order valence-electron chi connectivity index (χ2n) is 10.0. The van der Waals surface area contributed by atoms with Gasteiger partial charge in [0.2, 0.25) is 0 Å². The number of carbonyl (C=O) groups is 1. The van der Waals surface area contributed by atoms with Crippen LogP contribution < -0.4 is 5.32 Å². The molecule has 1 amide bonds. The van der Waals surface area contributed by atoms with Crippen molar-refractivity contribution < 1.29 is 34.0 Å². The molecule has 0 fully saturated rings. The highest BCUT2D eigenvalue weighted by molar-refractivity contribution is 5.79. The Morgan fingerprint density at radius 1 is 0.814 bits per heavy atom. The SMILES string of the molecule is [N-]=[N+]=NCCOCCOCCOCCCc1cc(O)c(O)cc1CCNC(=O)OCC1c2ccccc2-c2ccccc21. The lowest BCUT2D eigenvalue weighted by Gasteiger charge is -2.15. The summed E-state index contributed by atoms with van der Waals surface area (Å²) in [5, 5.41) is 26.3. The molecule has 11 heteroatoms. The van der Waals surface area contributed by atoms with Gasteiger partial charge in [-0.3, -0.25) is 0 Å². The van der Waals surface area contributed by atoms with Crippen molar-refractivity contribution in [3.8, 4) is 22.6 Å². The van der Waals surface area contributed by atoms with E-state index in [0.717, 1.165) is 22.3 Å². The zero-order valence-corrected chi connectivity index (χ0v) is 24.1. The minimum absolute atomic E-state index is 0.0111. The number of phenolic OH excluding ortho intramolecular Hbond substituents is 2. The van der Waals surface area contributed by atoms with Gasteiger partial charge in [0, 0.05) is 30.5 Å². The Kier molecular flexibility index (Phi) is 12.5. The molecule has 0 atom stereocenters. The van der Waals surface area contributed by atoms with Gasteiger partial charge < -0.3 is 34.5 Å². The first-order valence-electron chi connectivity index (χ1n) is 14.4. The third kappa shape index (κ3) is 9.36. The summed E-state index contributed by atoms with van der Waals surface area (Å²) >= 11 is 0. The van der Waals surface area contributed by atoms with Crippen molar-refractivity contribution >= 4 is 6.09 Å². The molecule has 0 saturated carbocycles. The average molecular weight is 591 g/mol. The Morgan fingerprint density at radius 3 is 2.00 bits per heavy atom. The molecule has 0 radical (unpaired) electrons. The Morgan fingerprint density at radius 2 is 1.37 bits per heavy atom. The van der Waals surface area contributed by atoms with Crippen LogP contribution in [0.15, 0.2) is 65.8 Å². The monoisotopic (exact) mass is 590 g/mol. The predicted octanol–water partition coefficient (Wildman–Crippen LogP) is 5.47. The van der Waals surface area contributed by atoms with E-state index in [9.17, 15) is 15.0 Å². The van der Waals surface area contributed by atoms with E-state index in [2.05, 4.69) is 39.6 Å². The number of benzene rings is 3. The van der Waals surface area contributed by atoms with Crippen LogP contribution >= 0.6 is 0 Å². The van der Waals surface area contributed by atoms with Gasteiger partial charge in [-0.15, -0.1) is 0 Å². The van der Waals surface area contributed by atoms with E-state index in [0.29, 0.717) is 72.0 Å². The highest BCUT2D eigenvalue weighted by Crippen LogP contribution is 2.44. The summed E-state index contributed by atoms with van der Waals surface area (Å²) in [4.78, 5) is 15.2. The zero-order valence-electron chi connectivity index (χ0n) is 24.1. The number of carbonyl (C=O) groups excluding carboxylic acids is 1. The number of nitrogens with one attached hydrogen (secondary N) is 1. The molecule has 0 unspecified atom stereocenters. The molecule has 0 saturated heterocycles. The lowest BCUT2D eigenvalue weighted by Crippen LogP contribution is -2.28. The molecule has 1 aliphatic carbocycles. The first kappa shape index (κ1) is 31.7. The molecule has 0 spiro atoms. The summed E-state index contributed by atoms with van der Waals surface area (Å²) in [5.41, 5.74) is 14.6. The van der Waals surface area contributed by atoms with Crippen molar-refractivity contribution in [2.24, 2.45) is 5.11 Å². The quantitative estimate of drug-likeness (QED) is 0.0583. The van der Waals surface area contributed by atoms with Gasteiger partial charge in [-0.25, -0.2) is 4.79 Å². The second kappa shape index (κ2) is 17.0. The van der Waals surface area contributed by atoms with Crippen LogP contribution in [0.2, 0.25) is 0 Å². The van der Waals surface area contributed by atoms with Crippen LogP contribution in [0.3, 0.4) is 0 Å². The van der Waals surface area contributed by atoms with Gasteiger partial charge in [0.25, 0.3) is 0 Å². The number of phenols is 2. The summed E-state index contributed by atoms with van der Waals surface area (Å²) in [6, 6.07) is 19.5. The van der Waals surface area contributed by atoms with Gasteiger partial charge in [-0.2, -0.15) is 0 Å². The number of hydrogen-bond donors (Lipinski definition) is 3. The summed E-state index contributed by atoms with van der Waals surface area (Å²) < 4.78 is 21.9. The highest BCUT2D eigenvalue weighted by Gasteiger charge is 2.29. The zero-order chi connectivity index (χ0) is 30.3. The largest absolute Gasteiger partial charge is 0.504 e. The molecule has 0 aromatic heterocycles. The number of aromatic hydroxyl groups is 2. The highest BCUT2D eigenvalue weighted by atomic mass is 16.6. The van der Waals surface area contributed by atoms with Gasteiger partial charge in [-0.1, -0.05) is 53.6 Å². The smallest absolute Gasteiger partial charge is 0.407 e. The summed E-state index contributed by atoms with van der Waals surface area (Å²) in [5.74, 6) is -0.391. The van der Waals surface area contributed by atoms with Crippen LogP contribution in [-0.2, 0) is 31.8 Å². The van der Waals surface area contributed by atoms with Crippen LogP contribution in [0, 0.1) is 0 Å². The molecule has 1 aliphatic rings. The van der Waals surface area contributed by atoms with Crippen molar-refractivity contribution in [1.29, 1.82) is 0 Å². The number of ether oxygens (including phenoxy) is 4. The van der Waals surface area contributed by atoms with Gasteiger partial charge in [0.05, 0.1) is 33.0 Å². The van der Waals surface area contributed by atoms with E-state index in [1.54, 1.807) is 6.07 Å². The molecule has 3 aromatic carbocycles. The molecule has 11 nitrogen and oxygen atoms in total. The van der Waals surface area contributed by atoms with Crippen molar-refractivity contribution in [2.75, 3.05) is 59.3 Å². The van der Waals surface area contributed by atoms with Crippen molar-refractivity contribution in [3.05, 3.63) is 93.4 Å². The average Bonchev–Trinajstić information content (AvgIpc) is 3.34. The fraction of sp³-hybridized carbons (Fsp3) is 0.406. The fourth-order valence-corrected chi connectivity index (χ4v) is 5.13. The van der Waals surface area contributed by atoms with E-state index < -0.39 is 6.09 Å². The van der Waals surface area contributed by atoms with E-state index in [1.165, 1.54) is 17.2 Å². The Bertz CT molecular complexity index is 1350. The van der Waals surface area contributed by atoms with Gasteiger partial charge in [0.1, 0.15) is 6.61 Å². The maximum Gasteiger partial charge on any atom is 0.407 e. The van der Waals surface area contributed by atoms with Crippen LogP contribution in [0.1, 0.15) is 34.6 Å². The van der Waals surface area contributed by atoms with E-state index in [4.69, 9.17) is 24.5 Å². The summed E-state index contributed by atoms with van der Waals surface area (Å²) in [6.07, 6.45) is 1.31. The fourth-order valence-electron chi connectivity index (χ4n) is 5.13. The molecule has 0 bridgehead atoms. The van der Waals surface area contributed by atoms with Crippen molar-refractivity contribution in [3.63, 3.8) is 0 Å². The van der Waals surface area contributed by atoms with E-state index in [-0.39, 0.29) is 24.0 Å². The standard InChI is InChI=1S/C32H38N4O7/c33-36-35-13-15-41-17-19-42-18-16-40-14-5-6-23-20-30(37)31(38)21-24(23)11-12-34-32(39)43-22-29-27-9-3-1-7-25(27)26-8-2-4-10-28(26)29/h1-4,7-10,20-21,29,37-38H,5-6,11-19,22H2,(H,34,39). The molecule has 3 N–H and O–H groups in total. The van der Waals surface area contributed by atoms with E-state index in [1.807, 2.05) is 24.3 Å². The minimum Gasteiger partial charge on any atom is -0.504 e. The topological polar surface area (TPSA) is 155 Å².